The van der Waals surface area contributed by atoms with E-state index in [0.717, 1.165) is 0 Å². The van der Waals surface area contributed by atoms with Gasteiger partial charge < -0.3 is 5.11 Å². The summed E-state index contributed by atoms with van der Waals surface area (Å²) in [5.41, 5.74) is -0.836. The van der Waals surface area contributed by atoms with Crippen LogP contribution in [0.1, 0.15) is 46.6 Å². The number of nitrogens with one attached hydrogen (secondary N) is 1. The Balaban J connectivity index is 2.85. The average Bonchev–Trinajstić information content (AvgIpc) is 2.75. The van der Waals surface area contributed by atoms with E-state index in [9.17, 15) is 13.2 Å². The van der Waals surface area contributed by atoms with E-state index >= 15 is 0 Å². The van der Waals surface area contributed by atoms with E-state index in [0.29, 0.717) is 0 Å². The van der Waals surface area contributed by atoms with Crippen molar-refractivity contribution in [3.05, 3.63) is 12.4 Å². The van der Waals surface area contributed by atoms with Gasteiger partial charge in [-0.15, -0.1) is 0 Å². The molecule has 1 rings (SSSR count). The molecular weight excluding hydrogens is 282 g/mol. The van der Waals surface area contributed by atoms with Crippen LogP contribution in [0.15, 0.2) is 17.3 Å². The van der Waals surface area contributed by atoms with Crippen LogP contribution in [0.25, 0.3) is 0 Å². The predicted octanol–water partition coefficient (Wildman–Crippen LogP) is 1.39. The van der Waals surface area contributed by atoms with Crippen molar-refractivity contribution in [3.8, 4) is 0 Å². The predicted molar refractivity (Wildman–Crippen MR) is 73.9 cm³/mol. The van der Waals surface area contributed by atoms with Gasteiger partial charge in [-0.05, 0) is 34.1 Å². The third-order valence-corrected chi connectivity index (χ3v) is 4.44. The number of hydrogen-bond donors (Lipinski definition) is 2. The van der Waals surface area contributed by atoms with Gasteiger partial charge >= 0.3 is 5.97 Å². The molecule has 0 fully saturated rings. The van der Waals surface area contributed by atoms with Gasteiger partial charge in [0, 0.05) is 24.2 Å². The molecule has 0 radical (unpaired) electrons. The Morgan fingerprint density at radius 3 is 2.55 bits per heavy atom. The lowest BCUT2D eigenvalue weighted by Gasteiger charge is -2.24. The van der Waals surface area contributed by atoms with Crippen molar-refractivity contribution in [2.24, 2.45) is 0 Å². The van der Waals surface area contributed by atoms with E-state index in [4.69, 9.17) is 5.11 Å². The Bertz CT molecular complexity index is 575. The Morgan fingerprint density at radius 2 is 2.10 bits per heavy atom. The van der Waals surface area contributed by atoms with Gasteiger partial charge in [-0.1, -0.05) is 0 Å². The molecular formula is C12H21N3O4S. The number of nitrogens with zero attached hydrogens (tertiary/aromatic N) is 2. The summed E-state index contributed by atoms with van der Waals surface area (Å²) in [6.45, 7) is 7.10. The molecule has 7 nitrogen and oxygen atoms in total. The van der Waals surface area contributed by atoms with Crippen molar-refractivity contribution >= 4 is 16.0 Å². The molecule has 20 heavy (non-hydrogen) atoms. The number of rotatable bonds is 7. The van der Waals surface area contributed by atoms with Crippen molar-refractivity contribution in [3.63, 3.8) is 0 Å². The molecule has 1 heterocycles. The minimum absolute atomic E-state index is 0.0685. The summed E-state index contributed by atoms with van der Waals surface area (Å²) in [6, 6.07) is 0.0685. The summed E-state index contributed by atoms with van der Waals surface area (Å²) in [7, 11) is -3.70. The Labute approximate surface area is 119 Å². The average molecular weight is 303 g/mol. The van der Waals surface area contributed by atoms with Crippen LogP contribution in [-0.4, -0.2) is 34.8 Å². The number of hydrogen-bond acceptors (Lipinski definition) is 4. The van der Waals surface area contributed by atoms with Crippen LogP contribution >= 0.6 is 0 Å². The maximum absolute atomic E-state index is 12.2. The van der Waals surface area contributed by atoms with Crippen molar-refractivity contribution in [1.29, 1.82) is 0 Å². The highest BCUT2D eigenvalue weighted by Gasteiger charge is 2.27. The molecule has 0 saturated heterocycles. The molecule has 0 aliphatic heterocycles. The summed E-state index contributed by atoms with van der Waals surface area (Å²) in [4.78, 5) is 10.6. The van der Waals surface area contributed by atoms with Crippen LogP contribution < -0.4 is 4.72 Å². The number of aliphatic carboxylic acids is 1. The minimum Gasteiger partial charge on any atom is -0.481 e. The SMILES string of the molecule is CC(C)n1cc(S(=O)(=O)NC(C)(C)CCC(=O)O)cn1. The zero-order valence-corrected chi connectivity index (χ0v) is 12.9. The second-order valence-corrected chi connectivity index (χ2v) is 7.32. The van der Waals surface area contributed by atoms with Crippen molar-refractivity contribution < 1.29 is 18.3 Å². The van der Waals surface area contributed by atoms with Crippen molar-refractivity contribution in [2.45, 2.75) is 57.0 Å². The Kier molecular flexibility index (Phi) is 4.93. The van der Waals surface area contributed by atoms with Gasteiger partial charge in [-0.25, -0.2) is 13.1 Å². The fourth-order valence-corrected chi connectivity index (χ4v) is 3.01. The van der Waals surface area contributed by atoms with Crippen LogP contribution in [0.2, 0.25) is 0 Å². The summed E-state index contributed by atoms with van der Waals surface area (Å²) < 4.78 is 28.5. The largest absolute Gasteiger partial charge is 0.481 e. The van der Waals surface area contributed by atoms with Crippen LogP contribution in [0.4, 0.5) is 0 Å². The molecule has 0 atom stereocenters. The number of aromatic nitrogens is 2. The molecule has 0 aliphatic carbocycles. The van der Waals surface area contributed by atoms with Crippen LogP contribution in [0.5, 0.6) is 0 Å². The first-order valence-electron chi connectivity index (χ1n) is 6.33. The van der Waals surface area contributed by atoms with Gasteiger partial charge in [0.1, 0.15) is 4.90 Å². The van der Waals surface area contributed by atoms with Gasteiger partial charge in [0.25, 0.3) is 0 Å². The molecule has 0 aromatic carbocycles. The fourth-order valence-electron chi connectivity index (χ4n) is 1.63. The van der Waals surface area contributed by atoms with E-state index in [1.165, 1.54) is 12.4 Å². The number of carboxylic acid groups (broad SMARTS) is 1. The molecule has 0 amide bonds. The van der Waals surface area contributed by atoms with E-state index < -0.39 is 21.5 Å². The number of sulfonamides is 1. The topological polar surface area (TPSA) is 101 Å². The van der Waals surface area contributed by atoms with E-state index in [2.05, 4.69) is 9.82 Å². The van der Waals surface area contributed by atoms with Crippen LogP contribution in [0.3, 0.4) is 0 Å². The molecule has 0 aliphatic rings. The lowest BCUT2D eigenvalue weighted by Crippen LogP contribution is -2.43. The third-order valence-electron chi connectivity index (χ3n) is 2.79. The van der Waals surface area contributed by atoms with Gasteiger partial charge in [0.2, 0.25) is 10.0 Å². The quantitative estimate of drug-likeness (QED) is 0.792. The Hall–Kier alpha value is -1.41. The zero-order valence-electron chi connectivity index (χ0n) is 12.1. The van der Waals surface area contributed by atoms with Gasteiger partial charge in [0.15, 0.2) is 0 Å². The number of carbonyl (C=O) groups is 1. The van der Waals surface area contributed by atoms with E-state index in [-0.39, 0.29) is 23.8 Å². The molecule has 1 aromatic heterocycles. The number of carboxylic acids is 1. The first-order valence-corrected chi connectivity index (χ1v) is 7.82. The lowest BCUT2D eigenvalue weighted by atomic mass is 10.0. The minimum atomic E-state index is -3.70. The Morgan fingerprint density at radius 1 is 1.50 bits per heavy atom. The summed E-state index contributed by atoms with van der Waals surface area (Å²) in [5.74, 6) is -0.954. The second kappa shape index (κ2) is 5.92. The summed E-state index contributed by atoms with van der Waals surface area (Å²) in [5, 5.41) is 12.7. The van der Waals surface area contributed by atoms with E-state index in [1.54, 1.807) is 18.5 Å². The van der Waals surface area contributed by atoms with E-state index in [1.807, 2.05) is 13.8 Å². The fraction of sp³-hybridized carbons (Fsp3) is 0.667. The lowest BCUT2D eigenvalue weighted by molar-refractivity contribution is -0.137. The molecule has 0 saturated carbocycles. The monoisotopic (exact) mass is 303 g/mol. The molecule has 0 spiro atoms. The first-order chi connectivity index (χ1) is 9.03. The highest BCUT2D eigenvalue weighted by atomic mass is 32.2. The standard InChI is InChI=1S/C12H21N3O4S/c1-9(2)15-8-10(7-13-15)20(18,19)14-12(3,4)6-5-11(16)17/h7-9,14H,5-6H2,1-4H3,(H,16,17). The van der Waals surface area contributed by atoms with Gasteiger partial charge in [-0.3, -0.25) is 9.48 Å². The molecule has 1 aromatic rings. The molecule has 0 unspecified atom stereocenters. The maximum atomic E-state index is 12.2. The second-order valence-electron chi connectivity index (χ2n) is 5.63. The highest BCUT2D eigenvalue weighted by molar-refractivity contribution is 7.89. The first kappa shape index (κ1) is 16.6. The molecule has 2 N–H and O–H groups in total. The highest BCUT2D eigenvalue weighted by Crippen LogP contribution is 2.17. The van der Waals surface area contributed by atoms with Gasteiger partial charge in [0.05, 0.1) is 6.20 Å². The van der Waals surface area contributed by atoms with Crippen LogP contribution in [0, 0.1) is 0 Å². The maximum Gasteiger partial charge on any atom is 0.303 e. The summed E-state index contributed by atoms with van der Waals surface area (Å²) >= 11 is 0. The van der Waals surface area contributed by atoms with Crippen LogP contribution in [-0.2, 0) is 14.8 Å². The molecule has 0 bridgehead atoms. The third kappa shape index (κ3) is 4.61. The molecule has 8 heteroatoms. The van der Waals surface area contributed by atoms with Crippen molar-refractivity contribution in [1.82, 2.24) is 14.5 Å². The van der Waals surface area contributed by atoms with Crippen molar-refractivity contribution in [2.75, 3.05) is 0 Å². The summed E-state index contributed by atoms with van der Waals surface area (Å²) in [6.07, 6.45) is 2.86. The zero-order chi connectivity index (χ0) is 15.6. The smallest absolute Gasteiger partial charge is 0.303 e. The van der Waals surface area contributed by atoms with Gasteiger partial charge in [-0.2, -0.15) is 5.10 Å². The normalized spacial score (nSPS) is 12.8. The molecule has 114 valence electrons.